The molecule has 0 saturated heterocycles. The Morgan fingerprint density at radius 2 is 2.12 bits per heavy atom. The van der Waals surface area contributed by atoms with Crippen LogP contribution in [0, 0.1) is 0 Å². The normalized spacial score (nSPS) is 11.1. The summed E-state index contributed by atoms with van der Waals surface area (Å²) in [5.74, 6) is 0.875. The maximum atomic E-state index is 6.06. The summed E-state index contributed by atoms with van der Waals surface area (Å²) in [5, 5.41) is 3.11. The zero-order valence-electron chi connectivity index (χ0n) is 8.74. The van der Waals surface area contributed by atoms with Crippen molar-refractivity contribution in [3.05, 3.63) is 26.9 Å². The van der Waals surface area contributed by atoms with E-state index in [4.69, 9.17) is 11.6 Å². The maximum absolute atomic E-state index is 6.06. The van der Waals surface area contributed by atoms with E-state index in [0.29, 0.717) is 11.0 Å². The topological polar surface area (TPSA) is 38.7 Å². The summed E-state index contributed by atoms with van der Waals surface area (Å²) >= 11 is 11.0. The smallest absolute Gasteiger partial charge is 0.190 e. The maximum Gasteiger partial charge on any atom is 0.190 e. The van der Waals surface area contributed by atoms with Crippen LogP contribution in [0.2, 0.25) is 5.15 Å². The van der Waals surface area contributed by atoms with Crippen LogP contribution in [0.5, 0.6) is 0 Å². The van der Waals surface area contributed by atoms with Crippen LogP contribution in [0.3, 0.4) is 0 Å². The van der Waals surface area contributed by atoms with Crippen LogP contribution >= 0.6 is 38.9 Å². The minimum atomic E-state index is 0.286. The zero-order valence-corrected chi connectivity index (χ0v) is 11.9. The molecule has 0 saturated carbocycles. The molecule has 84 valence electrons. The Bertz CT molecular complexity index is 499. The summed E-state index contributed by atoms with van der Waals surface area (Å²) < 4.78 is 0.768. The molecule has 2 rings (SSSR count). The second-order valence-electron chi connectivity index (χ2n) is 3.53. The van der Waals surface area contributed by atoms with E-state index in [2.05, 4.69) is 44.7 Å². The molecule has 0 radical (unpaired) electrons. The lowest BCUT2D eigenvalue weighted by molar-refractivity contribution is 0.809. The zero-order chi connectivity index (χ0) is 11.7. The molecule has 2 heterocycles. The molecule has 16 heavy (non-hydrogen) atoms. The van der Waals surface area contributed by atoms with Gasteiger partial charge in [-0.3, -0.25) is 0 Å². The van der Waals surface area contributed by atoms with Crippen LogP contribution in [0.25, 0.3) is 10.8 Å². The van der Waals surface area contributed by atoms with Crippen molar-refractivity contribution >= 4 is 38.9 Å². The monoisotopic (exact) mass is 317 g/mol. The second-order valence-corrected chi connectivity index (χ2v) is 5.57. The van der Waals surface area contributed by atoms with E-state index in [0.717, 1.165) is 15.2 Å². The van der Waals surface area contributed by atoms with E-state index in [1.807, 2.05) is 5.38 Å². The molecule has 0 aromatic carbocycles. The molecule has 2 aromatic heterocycles. The van der Waals surface area contributed by atoms with E-state index >= 15 is 0 Å². The van der Waals surface area contributed by atoms with E-state index in [-0.39, 0.29) is 5.92 Å². The Morgan fingerprint density at radius 3 is 2.69 bits per heavy atom. The van der Waals surface area contributed by atoms with E-state index in [1.165, 1.54) is 11.3 Å². The number of hydrogen-bond donors (Lipinski definition) is 0. The second kappa shape index (κ2) is 4.77. The lowest BCUT2D eigenvalue weighted by Gasteiger charge is -2.09. The average Bonchev–Trinajstić information content (AvgIpc) is 2.74. The highest BCUT2D eigenvalue weighted by Crippen LogP contribution is 2.31. The van der Waals surface area contributed by atoms with Gasteiger partial charge in [0.25, 0.3) is 0 Å². The van der Waals surface area contributed by atoms with Gasteiger partial charge in [-0.15, -0.1) is 11.3 Å². The number of halogens is 2. The minimum absolute atomic E-state index is 0.286. The third kappa shape index (κ3) is 2.26. The lowest BCUT2D eigenvalue weighted by atomic mass is 10.1. The molecule has 2 aromatic rings. The number of rotatable bonds is 2. The Kier molecular flexibility index (Phi) is 3.56. The van der Waals surface area contributed by atoms with Gasteiger partial charge in [-0.1, -0.05) is 25.4 Å². The Morgan fingerprint density at radius 1 is 1.38 bits per heavy atom. The van der Waals surface area contributed by atoms with Gasteiger partial charge in [-0.25, -0.2) is 15.0 Å². The summed E-state index contributed by atoms with van der Waals surface area (Å²) in [7, 11) is 0. The van der Waals surface area contributed by atoms with Gasteiger partial charge in [0.1, 0.15) is 5.15 Å². The minimum Gasteiger partial charge on any atom is -0.241 e. The van der Waals surface area contributed by atoms with Gasteiger partial charge in [0.05, 0.1) is 10.2 Å². The molecular formula is C10H9BrClN3S. The standard InChI is InChI=1S/C10H9BrClN3S/c1-5(2)7-6(11)8(12)15-9(14-7)10-13-3-4-16-10/h3-5H,1-2H3. The van der Waals surface area contributed by atoms with Gasteiger partial charge >= 0.3 is 0 Å². The van der Waals surface area contributed by atoms with Crippen molar-refractivity contribution in [1.82, 2.24) is 15.0 Å². The van der Waals surface area contributed by atoms with E-state index in [1.54, 1.807) is 6.20 Å². The highest BCUT2D eigenvalue weighted by molar-refractivity contribution is 9.10. The first-order chi connectivity index (χ1) is 7.59. The fraction of sp³-hybridized carbons (Fsp3) is 0.300. The van der Waals surface area contributed by atoms with Crippen molar-refractivity contribution < 1.29 is 0 Å². The van der Waals surface area contributed by atoms with Crippen LogP contribution < -0.4 is 0 Å². The molecule has 0 amide bonds. The first-order valence-electron chi connectivity index (χ1n) is 4.72. The summed E-state index contributed by atoms with van der Waals surface area (Å²) in [6.07, 6.45) is 1.73. The molecule has 0 N–H and O–H groups in total. The quantitative estimate of drug-likeness (QED) is 0.781. The van der Waals surface area contributed by atoms with Crippen LogP contribution in [0.1, 0.15) is 25.5 Å². The highest BCUT2D eigenvalue weighted by atomic mass is 79.9. The molecule has 0 aliphatic rings. The fourth-order valence-electron chi connectivity index (χ4n) is 1.25. The molecule has 0 atom stereocenters. The van der Waals surface area contributed by atoms with Crippen LogP contribution in [0.15, 0.2) is 16.0 Å². The number of nitrogens with zero attached hydrogens (tertiary/aromatic N) is 3. The Hall–Kier alpha value is -0.520. The average molecular weight is 319 g/mol. The van der Waals surface area contributed by atoms with Crippen molar-refractivity contribution in [3.63, 3.8) is 0 Å². The van der Waals surface area contributed by atoms with Gasteiger partial charge in [0.15, 0.2) is 10.8 Å². The molecule has 0 aliphatic carbocycles. The third-order valence-corrected chi connectivity index (χ3v) is 4.06. The van der Waals surface area contributed by atoms with Gasteiger partial charge in [0, 0.05) is 11.6 Å². The predicted molar refractivity (Wildman–Crippen MR) is 69.9 cm³/mol. The molecule has 0 fully saturated rings. The molecule has 0 bridgehead atoms. The third-order valence-electron chi connectivity index (χ3n) is 2.01. The van der Waals surface area contributed by atoms with Crippen molar-refractivity contribution in [2.75, 3.05) is 0 Å². The van der Waals surface area contributed by atoms with Gasteiger partial charge in [-0.2, -0.15) is 0 Å². The molecule has 0 unspecified atom stereocenters. The predicted octanol–water partition coefficient (Wildman–Crippen LogP) is 4.14. The van der Waals surface area contributed by atoms with E-state index < -0.39 is 0 Å². The first kappa shape index (κ1) is 12.0. The van der Waals surface area contributed by atoms with Gasteiger partial charge < -0.3 is 0 Å². The van der Waals surface area contributed by atoms with Crippen molar-refractivity contribution in [2.24, 2.45) is 0 Å². The Labute approximate surface area is 111 Å². The van der Waals surface area contributed by atoms with Crippen LogP contribution in [-0.4, -0.2) is 15.0 Å². The van der Waals surface area contributed by atoms with Crippen molar-refractivity contribution in [2.45, 2.75) is 19.8 Å². The highest BCUT2D eigenvalue weighted by Gasteiger charge is 2.15. The first-order valence-corrected chi connectivity index (χ1v) is 6.77. The number of aromatic nitrogens is 3. The number of hydrogen-bond acceptors (Lipinski definition) is 4. The molecule has 0 aliphatic heterocycles. The van der Waals surface area contributed by atoms with Gasteiger partial charge in [0.2, 0.25) is 0 Å². The van der Waals surface area contributed by atoms with Gasteiger partial charge in [-0.05, 0) is 21.8 Å². The fourth-order valence-corrected chi connectivity index (χ4v) is 2.63. The van der Waals surface area contributed by atoms with Crippen LogP contribution in [-0.2, 0) is 0 Å². The summed E-state index contributed by atoms with van der Waals surface area (Å²) in [5.41, 5.74) is 0.908. The summed E-state index contributed by atoms with van der Waals surface area (Å²) in [6.45, 7) is 4.13. The van der Waals surface area contributed by atoms with E-state index in [9.17, 15) is 0 Å². The molecule has 0 spiro atoms. The largest absolute Gasteiger partial charge is 0.241 e. The van der Waals surface area contributed by atoms with Crippen molar-refractivity contribution in [3.8, 4) is 10.8 Å². The summed E-state index contributed by atoms with van der Waals surface area (Å²) in [6, 6.07) is 0. The lowest BCUT2D eigenvalue weighted by Crippen LogP contribution is -2.00. The molecule has 6 heteroatoms. The molecular weight excluding hydrogens is 310 g/mol. The molecule has 3 nitrogen and oxygen atoms in total. The SMILES string of the molecule is CC(C)c1nc(-c2nccs2)nc(Cl)c1Br. The van der Waals surface area contributed by atoms with Crippen LogP contribution in [0.4, 0.5) is 0 Å². The Balaban J connectivity index is 2.57. The van der Waals surface area contributed by atoms with Crippen molar-refractivity contribution in [1.29, 1.82) is 0 Å². The number of thiazole rings is 1. The summed E-state index contributed by atoms with van der Waals surface area (Å²) in [4.78, 5) is 12.9.